The highest BCUT2D eigenvalue weighted by molar-refractivity contribution is 5.91. The molecule has 0 amide bonds. The Hall–Kier alpha value is -0.830. The van der Waals surface area contributed by atoms with Crippen LogP contribution >= 0.6 is 0 Å². The maximum atomic E-state index is 11.1. The molecule has 2 rings (SSSR count). The molecule has 2 atom stereocenters. The van der Waals surface area contributed by atoms with Crippen molar-refractivity contribution >= 4 is 5.78 Å². The fourth-order valence-electron chi connectivity index (χ4n) is 1.79. The molecule has 0 aromatic carbocycles. The molecule has 0 aliphatic carbocycles. The summed E-state index contributed by atoms with van der Waals surface area (Å²) >= 11 is 0. The number of allylic oxidation sites excluding steroid dienone is 1. The van der Waals surface area contributed by atoms with Gasteiger partial charge in [0, 0.05) is 12.5 Å². The molecular formula is C9H12O3. The minimum atomic E-state index is -0.355. The molecule has 12 heavy (non-hydrogen) atoms. The Bertz CT molecular complexity index is 234. The zero-order chi connectivity index (χ0) is 8.60. The molecule has 0 radical (unpaired) electrons. The Morgan fingerprint density at radius 1 is 1.67 bits per heavy atom. The highest BCUT2D eigenvalue weighted by atomic mass is 16.6. The van der Waals surface area contributed by atoms with Crippen LogP contribution in [0.4, 0.5) is 0 Å². The molecule has 0 aromatic heterocycles. The molecule has 0 bridgehead atoms. The average Bonchev–Trinajstić information content (AvgIpc) is 2.33. The SMILES string of the molecule is CC1OCCC12CC(=O)C=CO2. The third-order valence-electron chi connectivity index (χ3n) is 2.66. The van der Waals surface area contributed by atoms with Gasteiger partial charge in [-0.1, -0.05) is 0 Å². The normalized spacial score (nSPS) is 40.4. The van der Waals surface area contributed by atoms with Crippen molar-refractivity contribution in [3.63, 3.8) is 0 Å². The highest BCUT2D eigenvalue weighted by Gasteiger charge is 2.45. The Morgan fingerprint density at radius 2 is 2.50 bits per heavy atom. The molecule has 2 heterocycles. The van der Waals surface area contributed by atoms with Crippen molar-refractivity contribution in [1.29, 1.82) is 0 Å². The van der Waals surface area contributed by atoms with Crippen LogP contribution in [0.3, 0.4) is 0 Å². The Balaban J connectivity index is 2.21. The third kappa shape index (κ3) is 1.05. The van der Waals surface area contributed by atoms with E-state index >= 15 is 0 Å². The number of rotatable bonds is 0. The molecule has 0 N–H and O–H groups in total. The number of hydrogen-bond donors (Lipinski definition) is 0. The van der Waals surface area contributed by atoms with E-state index in [1.165, 1.54) is 12.3 Å². The van der Waals surface area contributed by atoms with Crippen LogP contribution < -0.4 is 0 Å². The first kappa shape index (κ1) is 7.80. The summed E-state index contributed by atoms with van der Waals surface area (Å²) in [6, 6.07) is 0. The smallest absolute Gasteiger partial charge is 0.162 e. The lowest BCUT2D eigenvalue weighted by atomic mass is 9.89. The van der Waals surface area contributed by atoms with Crippen LogP contribution in [0.5, 0.6) is 0 Å². The Labute approximate surface area is 71.3 Å². The molecule has 1 fully saturated rings. The van der Waals surface area contributed by atoms with Gasteiger partial charge in [-0.15, -0.1) is 0 Å². The van der Waals surface area contributed by atoms with Crippen LogP contribution in [0, 0.1) is 0 Å². The number of ether oxygens (including phenoxy) is 2. The summed E-state index contributed by atoms with van der Waals surface area (Å²) < 4.78 is 10.9. The minimum absolute atomic E-state index is 0.0337. The van der Waals surface area contributed by atoms with E-state index < -0.39 is 0 Å². The Kier molecular flexibility index (Phi) is 1.68. The van der Waals surface area contributed by atoms with Gasteiger partial charge in [-0.25, -0.2) is 0 Å². The maximum Gasteiger partial charge on any atom is 0.162 e. The molecule has 2 aliphatic heterocycles. The van der Waals surface area contributed by atoms with Crippen molar-refractivity contribution in [2.24, 2.45) is 0 Å². The van der Waals surface area contributed by atoms with Gasteiger partial charge >= 0.3 is 0 Å². The third-order valence-corrected chi connectivity index (χ3v) is 2.66. The largest absolute Gasteiger partial charge is 0.491 e. The van der Waals surface area contributed by atoms with Crippen LogP contribution in [-0.2, 0) is 14.3 Å². The summed E-state index contributed by atoms with van der Waals surface area (Å²) in [5.74, 6) is 0.138. The lowest BCUT2D eigenvalue weighted by Gasteiger charge is -2.32. The van der Waals surface area contributed by atoms with Gasteiger partial charge in [0.05, 0.1) is 25.4 Å². The van der Waals surface area contributed by atoms with Crippen molar-refractivity contribution in [1.82, 2.24) is 0 Å². The molecule has 3 nitrogen and oxygen atoms in total. The van der Waals surface area contributed by atoms with Crippen LogP contribution in [0.2, 0.25) is 0 Å². The summed E-state index contributed by atoms with van der Waals surface area (Å²) in [5, 5.41) is 0. The minimum Gasteiger partial charge on any atom is -0.491 e. The molecular weight excluding hydrogens is 156 g/mol. The Morgan fingerprint density at radius 3 is 3.08 bits per heavy atom. The quantitative estimate of drug-likeness (QED) is 0.542. The standard InChI is InChI=1S/C9H12O3/c1-7-9(3-5-11-7)6-8(10)2-4-12-9/h2,4,7H,3,5-6H2,1H3. The first-order valence-electron chi connectivity index (χ1n) is 4.22. The number of carbonyl (C=O) groups is 1. The molecule has 2 aliphatic rings. The first-order valence-corrected chi connectivity index (χ1v) is 4.22. The summed E-state index contributed by atoms with van der Waals surface area (Å²) in [7, 11) is 0. The van der Waals surface area contributed by atoms with E-state index in [0.29, 0.717) is 13.0 Å². The molecule has 66 valence electrons. The van der Waals surface area contributed by atoms with Crippen LogP contribution in [0.1, 0.15) is 19.8 Å². The van der Waals surface area contributed by atoms with Gasteiger partial charge in [-0.3, -0.25) is 4.79 Å². The topological polar surface area (TPSA) is 35.5 Å². The maximum absolute atomic E-state index is 11.1. The van der Waals surface area contributed by atoms with E-state index in [4.69, 9.17) is 9.47 Å². The van der Waals surface area contributed by atoms with Gasteiger partial charge < -0.3 is 9.47 Å². The second-order valence-corrected chi connectivity index (χ2v) is 3.39. The van der Waals surface area contributed by atoms with Gasteiger partial charge in [0.1, 0.15) is 5.60 Å². The van der Waals surface area contributed by atoms with Crippen molar-refractivity contribution in [3.05, 3.63) is 12.3 Å². The van der Waals surface area contributed by atoms with E-state index in [1.54, 1.807) is 0 Å². The molecule has 1 spiro atoms. The van der Waals surface area contributed by atoms with Gasteiger partial charge in [0.25, 0.3) is 0 Å². The van der Waals surface area contributed by atoms with Crippen molar-refractivity contribution in [3.8, 4) is 0 Å². The molecule has 1 saturated heterocycles. The van der Waals surface area contributed by atoms with E-state index in [1.807, 2.05) is 6.92 Å². The van der Waals surface area contributed by atoms with Crippen LogP contribution in [0.15, 0.2) is 12.3 Å². The van der Waals surface area contributed by atoms with E-state index in [0.717, 1.165) is 6.42 Å². The average molecular weight is 168 g/mol. The van der Waals surface area contributed by atoms with Gasteiger partial charge in [-0.2, -0.15) is 0 Å². The van der Waals surface area contributed by atoms with Crippen LogP contribution in [-0.4, -0.2) is 24.1 Å². The summed E-state index contributed by atoms with van der Waals surface area (Å²) in [6.45, 7) is 2.65. The lowest BCUT2D eigenvalue weighted by molar-refractivity contribution is -0.125. The molecule has 0 aromatic rings. The van der Waals surface area contributed by atoms with Gasteiger partial charge in [-0.05, 0) is 6.92 Å². The predicted octanol–water partition coefficient (Wildman–Crippen LogP) is 1.04. The second-order valence-electron chi connectivity index (χ2n) is 3.39. The fraction of sp³-hybridized carbons (Fsp3) is 0.667. The second kappa shape index (κ2) is 2.59. The van der Waals surface area contributed by atoms with Crippen molar-refractivity contribution < 1.29 is 14.3 Å². The summed E-state index contributed by atoms with van der Waals surface area (Å²) in [4.78, 5) is 11.1. The van der Waals surface area contributed by atoms with E-state index in [9.17, 15) is 4.79 Å². The molecule has 0 saturated carbocycles. The van der Waals surface area contributed by atoms with E-state index in [2.05, 4.69) is 0 Å². The first-order chi connectivity index (χ1) is 5.73. The fourth-order valence-corrected chi connectivity index (χ4v) is 1.79. The zero-order valence-corrected chi connectivity index (χ0v) is 7.08. The monoisotopic (exact) mass is 168 g/mol. The van der Waals surface area contributed by atoms with E-state index in [-0.39, 0.29) is 17.5 Å². The predicted molar refractivity (Wildman–Crippen MR) is 42.6 cm³/mol. The summed E-state index contributed by atoms with van der Waals surface area (Å²) in [6.07, 6.45) is 4.30. The van der Waals surface area contributed by atoms with Crippen molar-refractivity contribution in [2.45, 2.75) is 31.5 Å². The number of ketones is 1. The van der Waals surface area contributed by atoms with Crippen molar-refractivity contribution in [2.75, 3.05) is 6.61 Å². The molecule has 3 heteroatoms. The van der Waals surface area contributed by atoms with Gasteiger partial charge in [0.15, 0.2) is 5.78 Å². The number of carbonyl (C=O) groups excluding carboxylic acids is 1. The lowest BCUT2D eigenvalue weighted by Crippen LogP contribution is -2.41. The highest BCUT2D eigenvalue weighted by Crippen LogP contribution is 2.35. The number of hydrogen-bond acceptors (Lipinski definition) is 3. The van der Waals surface area contributed by atoms with Gasteiger partial charge in [0.2, 0.25) is 0 Å². The summed E-state index contributed by atoms with van der Waals surface area (Å²) in [5.41, 5.74) is -0.355. The zero-order valence-electron chi connectivity index (χ0n) is 7.08. The molecule has 2 unspecified atom stereocenters. The van der Waals surface area contributed by atoms with Crippen LogP contribution in [0.25, 0.3) is 0 Å².